The van der Waals surface area contributed by atoms with Crippen molar-refractivity contribution in [2.45, 2.75) is 19.4 Å². The number of carbonyl (C=O) groups is 2. The molecule has 3 aromatic carbocycles. The molecule has 6 nitrogen and oxygen atoms in total. The third-order valence-electron chi connectivity index (χ3n) is 5.82. The van der Waals surface area contributed by atoms with E-state index in [-0.39, 0.29) is 30.1 Å². The Bertz CT molecular complexity index is 1080. The number of hydrogen-bond donors (Lipinski definition) is 2. The monoisotopic (exact) mass is 461 g/mol. The Morgan fingerprint density at radius 1 is 0.882 bits per heavy atom. The molecule has 0 unspecified atom stereocenters. The van der Waals surface area contributed by atoms with Gasteiger partial charge in [0.2, 0.25) is 11.8 Å². The topological polar surface area (TPSA) is 70.7 Å². The van der Waals surface area contributed by atoms with Gasteiger partial charge in [0.15, 0.2) is 0 Å². The fourth-order valence-electron chi connectivity index (χ4n) is 3.92. The lowest BCUT2D eigenvalue weighted by Gasteiger charge is -2.30. The summed E-state index contributed by atoms with van der Waals surface area (Å²) in [6.07, 6.45) is 1.40. The molecule has 0 atom stereocenters. The molecule has 7 heteroatoms. The van der Waals surface area contributed by atoms with Crippen molar-refractivity contribution in [2.24, 2.45) is 5.92 Å². The second-order valence-corrected chi connectivity index (χ2v) is 8.38. The smallest absolute Gasteiger partial charge is 0.238 e. The maximum absolute atomic E-state index is 13.0. The zero-order valence-electron chi connectivity index (χ0n) is 18.9. The van der Waals surface area contributed by atoms with E-state index >= 15 is 0 Å². The SMILES string of the molecule is O=C(CN1CCC(C(=O)NCc2ccc(F)cc2)CC1)Nc1ccc(Oc2ccccc2)cc1. The molecule has 2 N–H and O–H groups in total. The summed E-state index contributed by atoms with van der Waals surface area (Å²) in [6.45, 7) is 2.04. The zero-order chi connectivity index (χ0) is 23.8. The third kappa shape index (κ3) is 6.89. The quantitative estimate of drug-likeness (QED) is 0.515. The van der Waals surface area contributed by atoms with E-state index in [4.69, 9.17) is 4.74 Å². The summed E-state index contributed by atoms with van der Waals surface area (Å²) in [6, 6.07) is 22.9. The number of anilines is 1. The highest BCUT2D eigenvalue weighted by atomic mass is 19.1. The van der Waals surface area contributed by atoms with E-state index in [9.17, 15) is 14.0 Å². The number of nitrogens with one attached hydrogen (secondary N) is 2. The molecule has 1 aliphatic rings. The highest BCUT2D eigenvalue weighted by Crippen LogP contribution is 2.23. The van der Waals surface area contributed by atoms with Gasteiger partial charge in [0.05, 0.1) is 6.54 Å². The van der Waals surface area contributed by atoms with Crippen LogP contribution in [-0.4, -0.2) is 36.3 Å². The number of likely N-dealkylation sites (tertiary alicyclic amines) is 1. The van der Waals surface area contributed by atoms with Crippen molar-refractivity contribution in [1.29, 1.82) is 0 Å². The second kappa shape index (κ2) is 11.4. The van der Waals surface area contributed by atoms with Crippen LogP contribution >= 0.6 is 0 Å². The number of halogens is 1. The molecule has 0 bridgehead atoms. The number of piperidine rings is 1. The number of ether oxygens (including phenoxy) is 1. The number of para-hydroxylation sites is 1. The lowest BCUT2D eigenvalue weighted by molar-refractivity contribution is -0.126. The predicted molar refractivity (Wildman–Crippen MR) is 129 cm³/mol. The number of carbonyl (C=O) groups excluding carboxylic acids is 2. The van der Waals surface area contributed by atoms with Gasteiger partial charge in [-0.3, -0.25) is 14.5 Å². The van der Waals surface area contributed by atoms with E-state index in [1.165, 1.54) is 12.1 Å². The molecule has 4 rings (SSSR count). The molecule has 0 aliphatic carbocycles. The second-order valence-electron chi connectivity index (χ2n) is 8.38. The van der Waals surface area contributed by atoms with Gasteiger partial charge in [-0.1, -0.05) is 30.3 Å². The van der Waals surface area contributed by atoms with Crippen LogP contribution in [0.2, 0.25) is 0 Å². The number of hydrogen-bond acceptors (Lipinski definition) is 4. The molecule has 1 aliphatic heterocycles. The summed E-state index contributed by atoms with van der Waals surface area (Å²) in [5.74, 6) is 1.01. The molecule has 176 valence electrons. The minimum atomic E-state index is -0.291. The first kappa shape index (κ1) is 23.4. The summed E-state index contributed by atoms with van der Waals surface area (Å²) in [5.41, 5.74) is 1.57. The van der Waals surface area contributed by atoms with Crippen LogP contribution in [0.25, 0.3) is 0 Å². The average molecular weight is 462 g/mol. The fourth-order valence-corrected chi connectivity index (χ4v) is 3.92. The van der Waals surface area contributed by atoms with Crippen LogP contribution < -0.4 is 15.4 Å². The van der Waals surface area contributed by atoms with Gasteiger partial charge in [-0.2, -0.15) is 0 Å². The molecule has 2 amide bonds. The van der Waals surface area contributed by atoms with Gasteiger partial charge < -0.3 is 15.4 Å². The van der Waals surface area contributed by atoms with E-state index in [1.54, 1.807) is 12.1 Å². The predicted octanol–water partition coefficient (Wildman–Crippen LogP) is 4.58. The molecule has 1 fully saturated rings. The highest BCUT2D eigenvalue weighted by Gasteiger charge is 2.25. The third-order valence-corrected chi connectivity index (χ3v) is 5.82. The van der Waals surface area contributed by atoms with Gasteiger partial charge in [0, 0.05) is 18.2 Å². The molecule has 34 heavy (non-hydrogen) atoms. The molecule has 0 aromatic heterocycles. The zero-order valence-corrected chi connectivity index (χ0v) is 18.9. The first-order valence-electron chi connectivity index (χ1n) is 11.4. The number of nitrogens with zero attached hydrogens (tertiary/aromatic N) is 1. The van der Waals surface area contributed by atoms with Crippen LogP contribution in [0, 0.1) is 11.7 Å². The first-order chi connectivity index (χ1) is 16.5. The Hall–Kier alpha value is -3.71. The molecule has 0 radical (unpaired) electrons. The Balaban J connectivity index is 1.17. The molecular weight excluding hydrogens is 433 g/mol. The maximum atomic E-state index is 13.0. The minimum absolute atomic E-state index is 0.00578. The normalized spacial score (nSPS) is 14.4. The fraction of sp³-hybridized carbons (Fsp3) is 0.259. The van der Waals surface area contributed by atoms with Gasteiger partial charge in [-0.15, -0.1) is 0 Å². The summed E-state index contributed by atoms with van der Waals surface area (Å²) in [4.78, 5) is 27.0. The standard InChI is InChI=1S/C27H28FN3O3/c28-22-8-6-20(7-9-22)18-29-27(33)21-14-16-31(17-15-21)19-26(32)30-23-10-12-25(13-11-23)34-24-4-2-1-3-5-24/h1-13,21H,14-19H2,(H,29,33)(H,30,32). The lowest BCUT2D eigenvalue weighted by atomic mass is 9.96. The largest absolute Gasteiger partial charge is 0.457 e. The van der Waals surface area contributed by atoms with Crippen molar-refractivity contribution in [2.75, 3.05) is 25.0 Å². The Labute approximate surface area is 198 Å². The first-order valence-corrected chi connectivity index (χ1v) is 11.4. The van der Waals surface area contributed by atoms with E-state index in [2.05, 4.69) is 15.5 Å². The van der Waals surface area contributed by atoms with Crippen molar-refractivity contribution >= 4 is 17.5 Å². The van der Waals surface area contributed by atoms with E-state index in [0.29, 0.717) is 43.9 Å². The van der Waals surface area contributed by atoms with Crippen molar-refractivity contribution in [3.05, 3.63) is 90.2 Å². The maximum Gasteiger partial charge on any atom is 0.238 e. The van der Waals surface area contributed by atoms with Crippen LogP contribution in [0.4, 0.5) is 10.1 Å². The van der Waals surface area contributed by atoms with Crippen LogP contribution in [0.3, 0.4) is 0 Å². The Kier molecular flexibility index (Phi) is 7.88. The van der Waals surface area contributed by atoms with Gasteiger partial charge in [-0.25, -0.2) is 4.39 Å². The molecule has 0 spiro atoms. The van der Waals surface area contributed by atoms with E-state index in [1.807, 2.05) is 54.6 Å². The van der Waals surface area contributed by atoms with Crippen LogP contribution in [0.5, 0.6) is 11.5 Å². The van der Waals surface area contributed by atoms with Crippen molar-refractivity contribution < 1.29 is 18.7 Å². The van der Waals surface area contributed by atoms with Gasteiger partial charge in [0.25, 0.3) is 0 Å². The minimum Gasteiger partial charge on any atom is -0.457 e. The van der Waals surface area contributed by atoms with Crippen molar-refractivity contribution in [3.8, 4) is 11.5 Å². The van der Waals surface area contributed by atoms with Gasteiger partial charge in [-0.05, 0) is 80.0 Å². The van der Waals surface area contributed by atoms with E-state index < -0.39 is 0 Å². The van der Waals surface area contributed by atoms with E-state index in [0.717, 1.165) is 11.3 Å². The summed E-state index contributed by atoms with van der Waals surface area (Å²) >= 11 is 0. The molecular formula is C27H28FN3O3. The summed E-state index contributed by atoms with van der Waals surface area (Å²) in [7, 11) is 0. The van der Waals surface area contributed by atoms with Gasteiger partial charge in [0.1, 0.15) is 17.3 Å². The average Bonchev–Trinajstić information content (AvgIpc) is 2.86. The van der Waals surface area contributed by atoms with Gasteiger partial charge >= 0.3 is 0 Å². The molecule has 0 saturated carbocycles. The summed E-state index contributed by atoms with van der Waals surface area (Å²) in [5, 5.41) is 5.84. The Morgan fingerprint density at radius 3 is 2.21 bits per heavy atom. The molecule has 1 heterocycles. The number of amides is 2. The van der Waals surface area contributed by atoms with Crippen LogP contribution in [-0.2, 0) is 16.1 Å². The highest BCUT2D eigenvalue weighted by molar-refractivity contribution is 5.92. The van der Waals surface area contributed by atoms with Crippen LogP contribution in [0.15, 0.2) is 78.9 Å². The molecule has 1 saturated heterocycles. The lowest BCUT2D eigenvalue weighted by Crippen LogP contribution is -2.43. The molecule has 3 aromatic rings. The van der Waals surface area contributed by atoms with Crippen LogP contribution in [0.1, 0.15) is 18.4 Å². The van der Waals surface area contributed by atoms with Crippen molar-refractivity contribution in [3.63, 3.8) is 0 Å². The van der Waals surface area contributed by atoms with Crippen molar-refractivity contribution in [1.82, 2.24) is 10.2 Å². The Morgan fingerprint density at radius 2 is 1.53 bits per heavy atom. The number of benzene rings is 3. The summed E-state index contributed by atoms with van der Waals surface area (Å²) < 4.78 is 18.8. The number of rotatable bonds is 8.